The Morgan fingerprint density at radius 1 is 1.55 bits per heavy atom. The summed E-state index contributed by atoms with van der Waals surface area (Å²) < 4.78 is 5.08. The highest BCUT2D eigenvalue weighted by atomic mass is 32.1. The highest BCUT2D eigenvalue weighted by molar-refractivity contribution is 7.09. The Morgan fingerprint density at radius 2 is 2.41 bits per heavy atom. The number of amides is 3. The molecule has 0 aromatic carbocycles. The fraction of sp³-hybridized carbons (Fsp3) is 0.600. The third kappa shape index (κ3) is 4.99. The van der Waals surface area contributed by atoms with Crippen molar-refractivity contribution in [2.45, 2.75) is 31.8 Å². The fourth-order valence-corrected chi connectivity index (χ4v) is 3.08. The van der Waals surface area contributed by atoms with E-state index in [1.165, 1.54) is 0 Å². The Kier molecular flexibility index (Phi) is 6.67. The average Bonchev–Trinajstić information content (AvgIpc) is 2.94. The van der Waals surface area contributed by atoms with E-state index in [9.17, 15) is 9.59 Å². The van der Waals surface area contributed by atoms with Crippen LogP contribution in [0, 0.1) is 0 Å². The van der Waals surface area contributed by atoms with Crippen molar-refractivity contribution in [3.8, 4) is 0 Å². The topological polar surface area (TPSA) is 70.7 Å². The van der Waals surface area contributed by atoms with Gasteiger partial charge in [-0.05, 0) is 30.7 Å². The summed E-state index contributed by atoms with van der Waals surface area (Å²) in [6.45, 7) is 2.18. The van der Waals surface area contributed by atoms with Crippen LogP contribution in [0.1, 0.15) is 24.1 Å². The molecule has 6 nitrogen and oxygen atoms in total. The Hall–Kier alpha value is -1.60. The number of nitrogens with one attached hydrogen (secondary N) is 2. The smallest absolute Gasteiger partial charge is 0.318 e. The molecule has 1 aliphatic rings. The molecule has 1 saturated heterocycles. The molecule has 2 rings (SSSR count). The maximum absolute atomic E-state index is 12.5. The molecule has 0 spiro atoms. The van der Waals surface area contributed by atoms with Gasteiger partial charge in [0.05, 0.1) is 13.2 Å². The molecule has 22 heavy (non-hydrogen) atoms. The number of carbonyl (C=O) groups excluding carboxylic acids is 2. The van der Waals surface area contributed by atoms with Gasteiger partial charge in [0.2, 0.25) is 5.91 Å². The third-order valence-electron chi connectivity index (χ3n) is 3.61. The van der Waals surface area contributed by atoms with Gasteiger partial charge in [0.25, 0.3) is 0 Å². The molecule has 122 valence electrons. The van der Waals surface area contributed by atoms with Crippen molar-refractivity contribution in [1.29, 1.82) is 0 Å². The zero-order chi connectivity index (χ0) is 15.8. The Morgan fingerprint density at radius 3 is 3.14 bits per heavy atom. The first-order chi connectivity index (χ1) is 10.7. The average molecular weight is 325 g/mol. The van der Waals surface area contributed by atoms with E-state index < -0.39 is 6.04 Å². The van der Waals surface area contributed by atoms with Gasteiger partial charge in [0.1, 0.15) is 6.04 Å². The molecule has 0 aliphatic carbocycles. The Balaban J connectivity index is 1.96. The predicted octanol–water partition coefficient (Wildman–Crippen LogP) is 1.57. The lowest BCUT2D eigenvalue weighted by molar-refractivity contribution is -0.122. The van der Waals surface area contributed by atoms with Crippen LogP contribution < -0.4 is 10.6 Å². The van der Waals surface area contributed by atoms with Crippen LogP contribution in [0.5, 0.6) is 0 Å². The molecular formula is C15H23N3O3S. The van der Waals surface area contributed by atoms with E-state index >= 15 is 0 Å². The molecule has 1 aromatic rings. The Bertz CT molecular complexity index is 478. The first-order valence-corrected chi connectivity index (χ1v) is 8.43. The maximum Gasteiger partial charge on any atom is 0.318 e. The highest BCUT2D eigenvalue weighted by Gasteiger charge is 2.24. The second kappa shape index (κ2) is 8.75. The van der Waals surface area contributed by atoms with Crippen molar-refractivity contribution in [3.63, 3.8) is 0 Å². The predicted molar refractivity (Wildman–Crippen MR) is 85.8 cm³/mol. The number of ether oxygens (including phenoxy) is 1. The molecule has 1 unspecified atom stereocenters. The van der Waals surface area contributed by atoms with Crippen LogP contribution in [0.15, 0.2) is 17.5 Å². The van der Waals surface area contributed by atoms with Crippen molar-refractivity contribution < 1.29 is 14.3 Å². The number of hydrogen-bond donors (Lipinski definition) is 2. The Labute approximate surface area is 134 Å². The summed E-state index contributed by atoms with van der Waals surface area (Å²) in [5.41, 5.74) is 0. The highest BCUT2D eigenvalue weighted by Crippen LogP contribution is 2.13. The SMILES string of the molecule is COCCN(Cc1cccs1)C(=O)NC1CCCCNC1=O. The van der Waals surface area contributed by atoms with Crippen LogP contribution in [0.25, 0.3) is 0 Å². The van der Waals surface area contributed by atoms with Crippen molar-refractivity contribution in [2.75, 3.05) is 26.8 Å². The number of hydrogen-bond acceptors (Lipinski definition) is 4. The summed E-state index contributed by atoms with van der Waals surface area (Å²) in [5.74, 6) is -0.0892. The largest absolute Gasteiger partial charge is 0.383 e. The van der Waals surface area contributed by atoms with Crippen LogP contribution >= 0.6 is 11.3 Å². The quantitative estimate of drug-likeness (QED) is 0.834. The molecular weight excluding hydrogens is 302 g/mol. The van der Waals surface area contributed by atoms with Gasteiger partial charge in [-0.15, -0.1) is 11.3 Å². The maximum atomic E-state index is 12.5. The van der Waals surface area contributed by atoms with Gasteiger partial charge in [-0.25, -0.2) is 4.79 Å². The lowest BCUT2D eigenvalue weighted by atomic mass is 10.1. The zero-order valence-electron chi connectivity index (χ0n) is 12.8. The third-order valence-corrected chi connectivity index (χ3v) is 4.47. The molecule has 1 aromatic heterocycles. The van der Waals surface area contributed by atoms with Gasteiger partial charge in [-0.3, -0.25) is 4.79 Å². The molecule has 3 amide bonds. The molecule has 1 fully saturated rings. The molecule has 2 N–H and O–H groups in total. The molecule has 0 saturated carbocycles. The monoisotopic (exact) mass is 325 g/mol. The molecule has 0 bridgehead atoms. The molecule has 7 heteroatoms. The number of methoxy groups -OCH3 is 1. The second-order valence-corrected chi connectivity index (χ2v) is 6.31. The van der Waals surface area contributed by atoms with Crippen LogP contribution in [0.4, 0.5) is 4.79 Å². The summed E-state index contributed by atoms with van der Waals surface area (Å²) in [4.78, 5) is 27.2. The minimum atomic E-state index is -0.441. The standard InChI is InChI=1S/C15H23N3O3S/c1-21-9-8-18(11-12-5-4-10-22-12)15(20)17-13-6-2-3-7-16-14(13)19/h4-5,10,13H,2-3,6-9,11H2,1H3,(H,16,19)(H,17,20). The minimum Gasteiger partial charge on any atom is -0.383 e. The van der Waals surface area contributed by atoms with E-state index in [4.69, 9.17) is 4.74 Å². The first-order valence-electron chi connectivity index (χ1n) is 7.55. The van der Waals surface area contributed by atoms with Crippen LogP contribution in [0.3, 0.4) is 0 Å². The minimum absolute atomic E-state index is 0.0892. The van der Waals surface area contributed by atoms with Crippen LogP contribution in [-0.4, -0.2) is 49.7 Å². The van der Waals surface area contributed by atoms with Crippen LogP contribution in [-0.2, 0) is 16.1 Å². The lowest BCUT2D eigenvalue weighted by Gasteiger charge is -2.25. The summed E-state index contributed by atoms with van der Waals surface area (Å²) in [7, 11) is 1.61. The summed E-state index contributed by atoms with van der Waals surface area (Å²) in [5, 5.41) is 7.67. The number of urea groups is 1. The molecule has 1 aliphatic heterocycles. The van der Waals surface area contributed by atoms with E-state index in [2.05, 4.69) is 10.6 Å². The van der Waals surface area contributed by atoms with Crippen molar-refractivity contribution in [2.24, 2.45) is 0 Å². The number of thiophene rings is 1. The van der Waals surface area contributed by atoms with Crippen molar-refractivity contribution in [3.05, 3.63) is 22.4 Å². The normalized spacial score (nSPS) is 18.4. The van der Waals surface area contributed by atoms with E-state index in [1.54, 1.807) is 23.3 Å². The van der Waals surface area contributed by atoms with Crippen LogP contribution in [0.2, 0.25) is 0 Å². The number of rotatable bonds is 6. The molecule has 2 heterocycles. The fourth-order valence-electron chi connectivity index (χ4n) is 2.36. The first kappa shape index (κ1) is 16.8. The van der Waals surface area contributed by atoms with Gasteiger partial charge in [0.15, 0.2) is 0 Å². The van der Waals surface area contributed by atoms with E-state index in [0.717, 1.165) is 17.7 Å². The van der Waals surface area contributed by atoms with Gasteiger partial charge in [-0.2, -0.15) is 0 Å². The van der Waals surface area contributed by atoms with E-state index in [-0.39, 0.29) is 11.9 Å². The van der Waals surface area contributed by atoms with Gasteiger partial charge in [-0.1, -0.05) is 6.07 Å². The second-order valence-electron chi connectivity index (χ2n) is 5.28. The lowest BCUT2D eigenvalue weighted by Crippen LogP contribution is -2.50. The summed E-state index contributed by atoms with van der Waals surface area (Å²) >= 11 is 1.61. The summed E-state index contributed by atoms with van der Waals surface area (Å²) in [6, 6.07) is 3.30. The zero-order valence-corrected chi connectivity index (χ0v) is 13.7. The summed E-state index contributed by atoms with van der Waals surface area (Å²) in [6.07, 6.45) is 2.59. The number of carbonyl (C=O) groups is 2. The van der Waals surface area contributed by atoms with E-state index in [1.807, 2.05) is 17.5 Å². The van der Waals surface area contributed by atoms with Gasteiger partial charge >= 0.3 is 6.03 Å². The van der Waals surface area contributed by atoms with E-state index in [0.29, 0.717) is 32.7 Å². The van der Waals surface area contributed by atoms with Gasteiger partial charge < -0.3 is 20.3 Å². The molecule has 1 atom stereocenters. The molecule has 0 radical (unpaired) electrons. The van der Waals surface area contributed by atoms with Gasteiger partial charge in [0, 0.05) is 25.1 Å². The van der Waals surface area contributed by atoms with Crippen molar-refractivity contribution in [1.82, 2.24) is 15.5 Å². The number of nitrogens with zero attached hydrogens (tertiary/aromatic N) is 1. The van der Waals surface area contributed by atoms with Crippen molar-refractivity contribution >= 4 is 23.3 Å².